The van der Waals surface area contributed by atoms with Crippen molar-refractivity contribution in [2.45, 2.75) is 20.8 Å². The zero-order valence-corrected chi connectivity index (χ0v) is 13.8. The monoisotopic (exact) mass is 315 g/mol. The second kappa shape index (κ2) is 6.71. The average molecular weight is 316 g/mol. The first-order valence-electron chi connectivity index (χ1n) is 7.14. The molecule has 0 radical (unpaired) electrons. The number of rotatable bonds is 2. The minimum atomic E-state index is 0.615. The predicted molar refractivity (Wildman–Crippen MR) is 90.4 cm³/mol. The van der Waals surface area contributed by atoms with E-state index in [1.807, 2.05) is 44.5 Å². The molecule has 22 heavy (non-hydrogen) atoms. The number of nitrogens with zero attached hydrogens (tertiary/aromatic N) is 3. The number of hydrogen-bond donors (Lipinski definition) is 0. The van der Waals surface area contributed by atoms with E-state index in [0.29, 0.717) is 16.4 Å². The highest BCUT2D eigenvalue weighted by atomic mass is 35.5. The van der Waals surface area contributed by atoms with E-state index < -0.39 is 0 Å². The van der Waals surface area contributed by atoms with Crippen molar-refractivity contribution < 1.29 is 4.79 Å². The smallest absolute Gasteiger partial charge is 0.151 e. The van der Waals surface area contributed by atoms with E-state index in [1.165, 1.54) is 0 Å². The molecular formula is C17H18ClN3O. The van der Waals surface area contributed by atoms with E-state index in [2.05, 4.69) is 9.97 Å². The van der Waals surface area contributed by atoms with Crippen LogP contribution in [0, 0.1) is 6.92 Å². The molecule has 2 aromatic heterocycles. The molecule has 0 unspecified atom stereocenters. The molecule has 0 atom stereocenters. The lowest BCUT2D eigenvalue weighted by Crippen LogP contribution is -1.99. The lowest BCUT2D eigenvalue weighted by atomic mass is 10.1. The summed E-state index contributed by atoms with van der Waals surface area (Å²) in [5.41, 5.74) is 3.94. The number of carbonyl (C=O) groups is 1. The molecule has 5 heteroatoms. The van der Waals surface area contributed by atoms with E-state index in [-0.39, 0.29) is 0 Å². The summed E-state index contributed by atoms with van der Waals surface area (Å²) in [6.07, 6.45) is 4.19. The summed E-state index contributed by atoms with van der Waals surface area (Å²) in [6.45, 7) is 5.86. The molecule has 0 spiro atoms. The average Bonchev–Trinajstić information content (AvgIpc) is 2.86. The summed E-state index contributed by atoms with van der Waals surface area (Å²) >= 11 is 6.02. The number of fused-ring (bicyclic) bond motifs is 1. The summed E-state index contributed by atoms with van der Waals surface area (Å²) in [5.74, 6) is 0.709. The van der Waals surface area contributed by atoms with Gasteiger partial charge >= 0.3 is 0 Å². The first kappa shape index (κ1) is 16.2. The van der Waals surface area contributed by atoms with Gasteiger partial charge in [-0.25, -0.2) is 4.98 Å². The van der Waals surface area contributed by atoms with Gasteiger partial charge in [0.05, 0.1) is 11.0 Å². The summed E-state index contributed by atoms with van der Waals surface area (Å²) < 4.78 is 1.92. The van der Waals surface area contributed by atoms with Crippen LogP contribution in [0.2, 0.25) is 5.02 Å². The number of benzene rings is 1. The number of imidazole rings is 1. The molecule has 3 rings (SSSR count). The Hall–Kier alpha value is -2.20. The van der Waals surface area contributed by atoms with E-state index >= 15 is 0 Å². The van der Waals surface area contributed by atoms with Crippen LogP contribution in [0.1, 0.15) is 29.8 Å². The van der Waals surface area contributed by atoms with Crippen molar-refractivity contribution in [2.24, 2.45) is 7.05 Å². The summed E-state index contributed by atoms with van der Waals surface area (Å²) in [5, 5.41) is 0.657. The number of hydrogen-bond acceptors (Lipinski definition) is 3. The van der Waals surface area contributed by atoms with Crippen LogP contribution in [0.15, 0.2) is 30.6 Å². The maximum atomic E-state index is 11.3. The minimum Gasteiger partial charge on any atom is -0.327 e. The lowest BCUT2D eigenvalue weighted by molar-refractivity contribution is 0.112. The molecule has 4 nitrogen and oxygen atoms in total. The van der Waals surface area contributed by atoms with E-state index in [9.17, 15) is 4.79 Å². The Morgan fingerprint density at radius 2 is 1.95 bits per heavy atom. The summed E-state index contributed by atoms with van der Waals surface area (Å²) in [6, 6.07) is 5.53. The molecule has 0 amide bonds. The molecule has 0 bridgehead atoms. The Bertz CT molecular complexity index is 824. The Kier molecular flexibility index (Phi) is 4.93. The van der Waals surface area contributed by atoms with Gasteiger partial charge in [-0.1, -0.05) is 25.4 Å². The topological polar surface area (TPSA) is 47.8 Å². The first-order valence-corrected chi connectivity index (χ1v) is 7.51. The molecule has 0 saturated heterocycles. The van der Waals surface area contributed by atoms with E-state index in [4.69, 9.17) is 11.6 Å². The maximum absolute atomic E-state index is 11.3. The van der Waals surface area contributed by atoms with Crippen LogP contribution in [0.3, 0.4) is 0 Å². The van der Waals surface area contributed by atoms with Crippen molar-refractivity contribution in [3.63, 3.8) is 0 Å². The predicted octanol–water partition coefficient (Wildman–Crippen LogP) is 4.44. The molecule has 0 fully saturated rings. The third-order valence-electron chi connectivity index (χ3n) is 3.39. The Labute approximate surface area is 134 Å². The third kappa shape index (κ3) is 2.74. The van der Waals surface area contributed by atoms with Crippen LogP contribution >= 0.6 is 11.6 Å². The maximum Gasteiger partial charge on any atom is 0.151 e. The molecule has 0 aliphatic carbocycles. The van der Waals surface area contributed by atoms with Gasteiger partial charge in [-0.2, -0.15) is 0 Å². The SMILES string of the molecule is CC.Cc1cncc(-c2nc3ccc(Cl)cc3n2C)c1C=O. The van der Waals surface area contributed by atoms with Crippen molar-refractivity contribution in [2.75, 3.05) is 0 Å². The zero-order chi connectivity index (χ0) is 16.3. The third-order valence-corrected chi connectivity index (χ3v) is 3.62. The van der Waals surface area contributed by atoms with Crippen LogP contribution in [0.5, 0.6) is 0 Å². The van der Waals surface area contributed by atoms with Crippen LogP contribution in [0.25, 0.3) is 22.4 Å². The standard InChI is InChI=1S/C15H12ClN3O.C2H6/c1-9-6-17-7-11(12(9)8-20)15-18-13-4-3-10(16)5-14(13)19(15)2;1-2/h3-8H,1-2H3;1-2H3. The minimum absolute atomic E-state index is 0.615. The van der Waals surface area contributed by atoms with Gasteiger partial charge in [0, 0.05) is 35.6 Å². The van der Waals surface area contributed by atoms with Gasteiger partial charge in [-0.3, -0.25) is 9.78 Å². The number of halogens is 1. The van der Waals surface area contributed by atoms with Crippen LogP contribution in [-0.2, 0) is 7.05 Å². The normalized spacial score (nSPS) is 10.2. The molecule has 0 saturated carbocycles. The Morgan fingerprint density at radius 1 is 1.23 bits per heavy atom. The van der Waals surface area contributed by atoms with Crippen LogP contribution in [0.4, 0.5) is 0 Å². The van der Waals surface area contributed by atoms with Crippen molar-refractivity contribution in [3.05, 3.63) is 46.7 Å². The molecule has 0 aliphatic heterocycles. The highest BCUT2D eigenvalue weighted by Gasteiger charge is 2.15. The van der Waals surface area contributed by atoms with Crippen molar-refractivity contribution in [3.8, 4) is 11.4 Å². The fraction of sp³-hybridized carbons (Fsp3) is 0.235. The van der Waals surface area contributed by atoms with E-state index in [1.54, 1.807) is 18.5 Å². The number of aromatic nitrogens is 3. The highest BCUT2D eigenvalue weighted by Crippen LogP contribution is 2.28. The molecule has 0 N–H and O–H groups in total. The van der Waals surface area contributed by atoms with Crippen molar-refractivity contribution in [1.29, 1.82) is 0 Å². The fourth-order valence-electron chi connectivity index (χ4n) is 2.31. The lowest BCUT2D eigenvalue weighted by Gasteiger charge is -2.06. The quantitative estimate of drug-likeness (QED) is 0.657. The van der Waals surface area contributed by atoms with Gasteiger partial charge in [0.15, 0.2) is 6.29 Å². The van der Waals surface area contributed by atoms with Crippen LogP contribution in [-0.4, -0.2) is 20.8 Å². The van der Waals surface area contributed by atoms with Crippen LogP contribution < -0.4 is 0 Å². The second-order valence-corrected chi connectivity index (χ2v) is 5.10. The zero-order valence-electron chi connectivity index (χ0n) is 13.1. The Morgan fingerprint density at radius 3 is 2.64 bits per heavy atom. The number of carbonyl (C=O) groups excluding carboxylic acids is 1. The molecule has 0 aliphatic rings. The highest BCUT2D eigenvalue weighted by molar-refractivity contribution is 6.31. The van der Waals surface area contributed by atoms with Gasteiger partial charge in [-0.15, -0.1) is 0 Å². The molecule has 1 aromatic carbocycles. The molecule has 114 valence electrons. The van der Waals surface area contributed by atoms with E-state index in [0.717, 1.165) is 28.4 Å². The number of aryl methyl sites for hydroxylation is 2. The molecule has 3 aromatic rings. The fourth-order valence-corrected chi connectivity index (χ4v) is 2.48. The molecular weight excluding hydrogens is 298 g/mol. The van der Waals surface area contributed by atoms with Gasteiger partial charge in [0.1, 0.15) is 5.82 Å². The molecule has 2 heterocycles. The van der Waals surface area contributed by atoms with Gasteiger partial charge < -0.3 is 4.57 Å². The number of pyridine rings is 1. The second-order valence-electron chi connectivity index (χ2n) is 4.66. The first-order chi connectivity index (χ1) is 10.6. The summed E-state index contributed by atoms with van der Waals surface area (Å²) in [7, 11) is 1.90. The van der Waals surface area contributed by atoms with Crippen molar-refractivity contribution in [1.82, 2.24) is 14.5 Å². The van der Waals surface area contributed by atoms with Crippen molar-refractivity contribution >= 4 is 28.9 Å². The summed E-state index contributed by atoms with van der Waals surface area (Å²) in [4.78, 5) is 20.1. The Balaban J connectivity index is 0.000000847. The number of aldehydes is 1. The van der Waals surface area contributed by atoms with Gasteiger partial charge in [0.2, 0.25) is 0 Å². The van der Waals surface area contributed by atoms with Gasteiger partial charge in [0.25, 0.3) is 0 Å². The largest absolute Gasteiger partial charge is 0.327 e. The van der Waals surface area contributed by atoms with Gasteiger partial charge in [-0.05, 0) is 30.7 Å².